The highest BCUT2D eigenvalue weighted by molar-refractivity contribution is 6.11. The van der Waals surface area contributed by atoms with Crippen molar-refractivity contribution >= 4 is 11.4 Å². The summed E-state index contributed by atoms with van der Waals surface area (Å²) >= 11 is 0. The molecule has 1 aliphatic heterocycles. The van der Waals surface area contributed by atoms with E-state index in [0.717, 1.165) is 23.5 Å². The van der Waals surface area contributed by atoms with E-state index in [-0.39, 0.29) is 0 Å². The lowest BCUT2D eigenvalue weighted by Crippen LogP contribution is -2.03. The number of oxime groups is 1. The molecule has 0 saturated carbocycles. The lowest BCUT2D eigenvalue weighted by atomic mass is 10.1. The molecule has 0 aromatic heterocycles. The molecule has 0 bridgehead atoms. The number of benzene rings is 1. The van der Waals surface area contributed by atoms with Crippen LogP contribution in [0.1, 0.15) is 19.4 Å². The number of rotatable bonds is 1. The molecule has 0 amide bonds. The highest BCUT2D eigenvalue weighted by Crippen LogP contribution is 2.21. The third kappa shape index (κ3) is 2.05. The van der Waals surface area contributed by atoms with E-state index in [4.69, 9.17) is 4.84 Å². The van der Waals surface area contributed by atoms with Crippen LogP contribution < -0.4 is 5.32 Å². The standard InChI is InChI=1S/C9H10N2O.C2H6/c1-12-11-9-6-10-8-5-3-2-4-7(8)9;1-2/h2-5,10H,6H2,1H3;1-2H3/b11-9+;. The molecule has 0 saturated heterocycles. The van der Waals surface area contributed by atoms with E-state index in [1.165, 1.54) is 0 Å². The van der Waals surface area contributed by atoms with Crippen molar-refractivity contribution < 1.29 is 4.84 Å². The second-order valence-electron chi connectivity index (χ2n) is 2.62. The maximum atomic E-state index is 4.73. The molecule has 14 heavy (non-hydrogen) atoms. The van der Waals surface area contributed by atoms with E-state index >= 15 is 0 Å². The highest BCUT2D eigenvalue weighted by atomic mass is 16.6. The van der Waals surface area contributed by atoms with E-state index in [2.05, 4.69) is 10.5 Å². The minimum absolute atomic E-state index is 0.757. The van der Waals surface area contributed by atoms with Crippen molar-refractivity contribution in [2.75, 3.05) is 19.0 Å². The van der Waals surface area contributed by atoms with Crippen LogP contribution in [0.3, 0.4) is 0 Å². The Balaban J connectivity index is 0.000000461. The summed E-state index contributed by atoms with van der Waals surface area (Å²) < 4.78 is 0. The third-order valence-electron chi connectivity index (χ3n) is 1.89. The van der Waals surface area contributed by atoms with Crippen molar-refractivity contribution in [1.29, 1.82) is 0 Å². The molecule has 1 aliphatic rings. The summed E-state index contributed by atoms with van der Waals surface area (Å²) in [6.07, 6.45) is 0. The molecule has 3 heteroatoms. The zero-order valence-corrected chi connectivity index (χ0v) is 8.87. The number of nitrogens with one attached hydrogen (secondary N) is 1. The molecule has 0 aliphatic carbocycles. The lowest BCUT2D eigenvalue weighted by Gasteiger charge is -1.95. The van der Waals surface area contributed by atoms with Gasteiger partial charge in [-0.25, -0.2) is 0 Å². The van der Waals surface area contributed by atoms with Crippen molar-refractivity contribution in [3.05, 3.63) is 29.8 Å². The van der Waals surface area contributed by atoms with Gasteiger partial charge >= 0.3 is 0 Å². The first-order valence-corrected chi connectivity index (χ1v) is 4.85. The largest absolute Gasteiger partial charge is 0.399 e. The Morgan fingerprint density at radius 1 is 1.29 bits per heavy atom. The van der Waals surface area contributed by atoms with E-state index in [1.807, 2.05) is 38.1 Å². The predicted molar refractivity (Wildman–Crippen MR) is 59.8 cm³/mol. The summed E-state index contributed by atoms with van der Waals surface area (Å²) in [5.74, 6) is 0. The molecule has 0 radical (unpaired) electrons. The van der Waals surface area contributed by atoms with E-state index in [9.17, 15) is 0 Å². The Labute approximate surface area is 84.8 Å². The van der Waals surface area contributed by atoms with Crippen LogP contribution in [0.2, 0.25) is 0 Å². The molecular formula is C11H16N2O. The van der Waals surface area contributed by atoms with E-state index in [0.29, 0.717) is 0 Å². The van der Waals surface area contributed by atoms with Crippen LogP contribution in [0.25, 0.3) is 0 Å². The molecule has 1 aromatic rings. The molecule has 1 heterocycles. The predicted octanol–water partition coefficient (Wildman–Crippen LogP) is 2.49. The molecule has 0 atom stereocenters. The summed E-state index contributed by atoms with van der Waals surface area (Å²) in [6, 6.07) is 8.07. The zero-order valence-electron chi connectivity index (χ0n) is 8.87. The van der Waals surface area contributed by atoms with Crippen molar-refractivity contribution in [3.63, 3.8) is 0 Å². The smallest absolute Gasteiger partial charge is 0.108 e. The number of para-hydroxylation sites is 1. The topological polar surface area (TPSA) is 33.6 Å². The first-order valence-electron chi connectivity index (χ1n) is 4.85. The molecule has 0 spiro atoms. The van der Waals surface area contributed by atoms with Gasteiger partial charge in [0.05, 0.1) is 6.54 Å². The van der Waals surface area contributed by atoms with Gasteiger partial charge in [0.15, 0.2) is 0 Å². The van der Waals surface area contributed by atoms with E-state index < -0.39 is 0 Å². The summed E-state index contributed by atoms with van der Waals surface area (Å²) in [5, 5.41) is 7.14. The van der Waals surface area contributed by atoms with Gasteiger partial charge in [-0.15, -0.1) is 0 Å². The van der Waals surface area contributed by atoms with Gasteiger partial charge in [0.2, 0.25) is 0 Å². The van der Waals surface area contributed by atoms with Crippen LogP contribution in [0.4, 0.5) is 5.69 Å². The molecule has 1 N–H and O–H groups in total. The van der Waals surface area contributed by atoms with Crippen LogP contribution in [0.15, 0.2) is 29.4 Å². The number of hydrogen-bond acceptors (Lipinski definition) is 3. The first-order chi connectivity index (χ1) is 6.92. The van der Waals surface area contributed by atoms with Crippen LogP contribution in [0.5, 0.6) is 0 Å². The van der Waals surface area contributed by atoms with Gasteiger partial charge in [-0.1, -0.05) is 37.2 Å². The number of nitrogens with zero attached hydrogens (tertiary/aromatic N) is 1. The lowest BCUT2D eigenvalue weighted by molar-refractivity contribution is 0.213. The van der Waals surface area contributed by atoms with Gasteiger partial charge in [-0.2, -0.15) is 0 Å². The maximum Gasteiger partial charge on any atom is 0.108 e. The second-order valence-corrected chi connectivity index (χ2v) is 2.62. The van der Waals surface area contributed by atoms with Gasteiger partial charge in [-0.05, 0) is 6.07 Å². The Morgan fingerprint density at radius 3 is 2.71 bits per heavy atom. The average molecular weight is 192 g/mol. The third-order valence-corrected chi connectivity index (χ3v) is 1.89. The normalized spacial score (nSPS) is 15.2. The fraction of sp³-hybridized carbons (Fsp3) is 0.364. The minimum Gasteiger partial charge on any atom is -0.399 e. The van der Waals surface area contributed by atoms with Crippen LogP contribution in [0, 0.1) is 0 Å². The van der Waals surface area contributed by atoms with Gasteiger partial charge in [-0.3, -0.25) is 0 Å². The highest BCUT2D eigenvalue weighted by Gasteiger charge is 2.15. The van der Waals surface area contributed by atoms with Gasteiger partial charge in [0.25, 0.3) is 0 Å². The molecular weight excluding hydrogens is 176 g/mol. The van der Waals surface area contributed by atoms with Gasteiger partial charge in [0, 0.05) is 11.3 Å². The molecule has 0 fully saturated rings. The summed E-state index contributed by atoms with van der Waals surface area (Å²) in [6.45, 7) is 4.76. The monoisotopic (exact) mass is 192 g/mol. The fourth-order valence-corrected chi connectivity index (χ4v) is 1.35. The van der Waals surface area contributed by atoms with Gasteiger partial charge < -0.3 is 10.2 Å². The number of anilines is 1. The fourth-order valence-electron chi connectivity index (χ4n) is 1.35. The van der Waals surface area contributed by atoms with Crippen molar-refractivity contribution in [2.24, 2.45) is 5.16 Å². The van der Waals surface area contributed by atoms with E-state index in [1.54, 1.807) is 7.11 Å². The molecule has 1 aromatic carbocycles. The Kier molecular flexibility index (Phi) is 3.98. The summed E-state index contributed by atoms with van der Waals surface area (Å²) in [4.78, 5) is 4.73. The molecule has 76 valence electrons. The summed E-state index contributed by atoms with van der Waals surface area (Å²) in [5.41, 5.74) is 3.24. The first kappa shape index (κ1) is 10.6. The average Bonchev–Trinajstić information content (AvgIpc) is 2.66. The van der Waals surface area contributed by atoms with Crippen LogP contribution in [-0.4, -0.2) is 19.4 Å². The number of fused-ring (bicyclic) bond motifs is 1. The van der Waals surface area contributed by atoms with Crippen molar-refractivity contribution in [1.82, 2.24) is 0 Å². The van der Waals surface area contributed by atoms with Crippen LogP contribution >= 0.6 is 0 Å². The molecule has 3 nitrogen and oxygen atoms in total. The minimum atomic E-state index is 0.757. The van der Waals surface area contributed by atoms with Crippen molar-refractivity contribution in [3.8, 4) is 0 Å². The second kappa shape index (κ2) is 5.27. The zero-order chi connectivity index (χ0) is 10.4. The molecule has 0 unspecified atom stereocenters. The van der Waals surface area contributed by atoms with Gasteiger partial charge in [0.1, 0.15) is 12.8 Å². The Bertz CT molecular complexity index is 321. The Morgan fingerprint density at radius 2 is 2.00 bits per heavy atom. The Hall–Kier alpha value is -1.51. The maximum absolute atomic E-state index is 4.73. The quantitative estimate of drug-likeness (QED) is 0.693. The SMILES string of the molecule is CC.CO/N=C1\CNc2ccccc21. The number of hydrogen-bond donors (Lipinski definition) is 1. The summed E-state index contributed by atoms with van der Waals surface area (Å²) in [7, 11) is 1.56. The van der Waals surface area contributed by atoms with Crippen molar-refractivity contribution in [2.45, 2.75) is 13.8 Å². The van der Waals surface area contributed by atoms with Crippen LogP contribution in [-0.2, 0) is 4.84 Å². The molecule has 2 rings (SSSR count).